The fraction of sp³-hybridized carbons (Fsp3) is 0.600. The standard InChI is InChI=1S/C10H17N3O2S/c1-12(2)9-7-10(14)13(11-8-9)3-4-15-5-6-16/h7-8,16H,3-6H2,1-2H3. The summed E-state index contributed by atoms with van der Waals surface area (Å²) in [5.41, 5.74) is 0.693. The van der Waals surface area contributed by atoms with Crippen LogP contribution in [-0.4, -0.2) is 42.8 Å². The van der Waals surface area contributed by atoms with Crippen LogP contribution in [0.15, 0.2) is 17.1 Å². The zero-order valence-corrected chi connectivity index (χ0v) is 10.5. The average molecular weight is 243 g/mol. The van der Waals surface area contributed by atoms with Gasteiger partial charge in [-0.3, -0.25) is 4.79 Å². The Morgan fingerprint density at radius 3 is 2.81 bits per heavy atom. The van der Waals surface area contributed by atoms with Crippen molar-refractivity contribution in [2.24, 2.45) is 0 Å². The van der Waals surface area contributed by atoms with Crippen molar-refractivity contribution in [1.82, 2.24) is 9.78 Å². The minimum absolute atomic E-state index is 0.110. The molecule has 1 aromatic heterocycles. The van der Waals surface area contributed by atoms with Gasteiger partial charge in [0.2, 0.25) is 0 Å². The Morgan fingerprint density at radius 2 is 2.25 bits per heavy atom. The van der Waals surface area contributed by atoms with Crippen LogP contribution in [0.5, 0.6) is 0 Å². The van der Waals surface area contributed by atoms with E-state index in [0.29, 0.717) is 25.5 Å². The predicted molar refractivity (Wildman–Crippen MR) is 67.5 cm³/mol. The number of ether oxygens (including phenoxy) is 1. The zero-order chi connectivity index (χ0) is 12.0. The molecule has 6 heteroatoms. The maximum absolute atomic E-state index is 11.6. The van der Waals surface area contributed by atoms with E-state index in [2.05, 4.69) is 17.7 Å². The molecular formula is C10H17N3O2S. The van der Waals surface area contributed by atoms with Crippen molar-refractivity contribution in [3.63, 3.8) is 0 Å². The SMILES string of the molecule is CN(C)c1cnn(CCOCCS)c(=O)c1. The Bertz CT molecular complexity index is 379. The summed E-state index contributed by atoms with van der Waals surface area (Å²) in [6.45, 7) is 1.54. The number of nitrogens with zero attached hydrogens (tertiary/aromatic N) is 3. The van der Waals surface area contributed by atoms with Crippen LogP contribution in [0.25, 0.3) is 0 Å². The van der Waals surface area contributed by atoms with Crippen LogP contribution in [0.4, 0.5) is 5.69 Å². The minimum Gasteiger partial charge on any atom is -0.379 e. The highest BCUT2D eigenvalue weighted by atomic mass is 32.1. The molecule has 0 bridgehead atoms. The van der Waals surface area contributed by atoms with Crippen LogP contribution in [-0.2, 0) is 11.3 Å². The highest BCUT2D eigenvalue weighted by Crippen LogP contribution is 2.03. The zero-order valence-electron chi connectivity index (χ0n) is 9.59. The van der Waals surface area contributed by atoms with Gasteiger partial charge in [0.05, 0.1) is 31.6 Å². The number of thiol groups is 1. The Hall–Kier alpha value is -1.01. The van der Waals surface area contributed by atoms with Gasteiger partial charge in [-0.15, -0.1) is 0 Å². The molecule has 0 unspecified atom stereocenters. The molecule has 1 aromatic rings. The molecule has 0 saturated carbocycles. The summed E-state index contributed by atoms with van der Waals surface area (Å²) in [6, 6.07) is 1.56. The summed E-state index contributed by atoms with van der Waals surface area (Å²) in [5, 5.41) is 4.06. The van der Waals surface area contributed by atoms with E-state index < -0.39 is 0 Å². The molecule has 0 aliphatic carbocycles. The van der Waals surface area contributed by atoms with Gasteiger partial charge < -0.3 is 9.64 Å². The molecule has 16 heavy (non-hydrogen) atoms. The largest absolute Gasteiger partial charge is 0.379 e. The summed E-state index contributed by atoms with van der Waals surface area (Å²) >= 11 is 4.02. The van der Waals surface area contributed by atoms with Gasteiger partial charge >= 0.3 is 0 Å². The second-order valence-corrected chi connectivity index (χ2v) is 3.95. The Kier molecular flexibility index (Phi) is 5.34. The van der Waals surface area contributed by atoms with E-state index in [0.717, 1.165) is 5.69 Å². The maximum atomic E-state index is 11.6. The predicted octanol–water partition coefficient (Wildman–Crippen LogP) is 0.256. The van der Waals surface area contributed by atoms with Crippen LogP contribution in [0.1, 0.15) is 0 Å². The normalized spacial score (nSPS) is 10.4. The Labute approximate surface area is 100 Å². The third-order valence-electron chi connectivity index (χ3n) is 2.05. The van der Waals surface area contributed by atoms with Crippen LogP contribution < -0.4 is 10.5 Å². The van der Waals surface area contributed by atoms with Gasteiger partial charge in [0.1, 0.15) is 0 Å². The molecule has 0 spiro atoms. The highest BCUT2D eigenvalue weighted by molar-refractivity contribution is 7.80. The van der Waals surface area contributed by atoms with Gasteiger partial charge in [0, 0.05) is 25.9 Å². The van der Waals surface area contributed by atoms with E-state index in [1.54, 1.807) is 12.3 Å². The van der Waals surface area contributed by atoms with Gasteiger partial charge in [0.25, 0.3) is 5.56 Å². The van der Waals surface area contributed by atoms with E-state index in [1.165, 1.54) is 4.68 Å². The monoisotopic (exact) mass is 243 g/mol. The molecule has 1 heterocycles. The maximum Gasteiger partial charge on any atom is 0.268 e. The molecule has 0 atom stereocenters. The third kappa shape index (κ3) is 3.86. The Balaban J connectivity index is 2.58. The number of aromatic nitrogens is 2. The van der Waals surface area contributed by atoms with E-state index in [9.17, 15) is 4.79 Å². The topological polar surface area (TPSA) is 47.4 Å². The van der Waals surface area contributed by atoms with Crippen molar-refractivity contribution in [2.45, 2.75) is 6.54 Å². The molecule has 0 saturated heterocycles. The van der Waals surface area contributed by atoms with Gasteiger partial charge in [-0.1, -0.05) is 0 Å². The lowest BCUT2D eigenvalue weighted by atomic mass is 10.4. The van der Waals surface area contributed by atoms with Crippen molar-refractivity contribution in [3.8, 4) is 0 Å². The molecule has 0 aliphatic heterocycles. The molecule has 0 aromatic carbocycles. The summed E-state index contributed by atoms with van der Waals surface area (Å²) in [6.07, 6.45) is 1.67. The van der Waals surface area contributed by atoms with Crippen molar-refractivity contribution in [2.75, 3.05) is 38.0 Å². The second kappa shape index (κ2) is 6.55. The van der Waals surface area contributed by atoms with Crippen molar-refractivity contribution in [3.05, 3.63) is 22.6 Å². The van der Waals surface area contributed by atoms with Gasteiger partial charge in [0.15, 0.2) is 0 Å². The first-order valence-electron chi connectivity index (χ1n) is 5.08. The first kappa shape index (κ1) is 13.1. The average Bonchev–Trinajstić information content (AvgIpc) is 2.26. The molecule has 0 aliphatic rings. The fourth-order valence-electron chi connectivity index (χ4n) is 1.15. The summed E-state index contributed by atoms with van der Waals surface area (Å²) in [7, 11) is 3.74. The van der Waals surface area contributed by atoms with Crippen LogP contribution >= 0.6 is 12.6 Å². The lowest BCUT2D eigenvalue weighted by Crippen LogP contribution is -2.26. The van der Waals surface area contributed by atoms with Crippen molar-refractivity contribution >= 4 is 18.3 Å². The molecule has 0 fully saturated rings. The van der Waals surface area contributed by atoms with E-state index in [-0.39, 0.29) is 5.56 Å². The summed E-state index contributed by atoms with van der Waals surface area (Å²) in [5.74, 6) is 0.682. The third-order valence-corrected chi connectivity index (χ3v) is 2.24. The molecule has 1 rings (SSSR count). The van der Waals surface area contributed by atoms with Gasteiger partial charge in [-0.2, -0.15) is 17.7 Å². The molecule has 5 nitrogen and oxygen atoms in total. The first-order valence-corrected chi connectivity index (χ1v) is 5.71. The fourth-order valence-corrected chi connectivity index (χ4v) is 1.28. The lowest BCUT2D eigenvalue weighted by Gasteiger charge is -2.12. The highest BCUT2D eigenvalue weighted by Gasteiger charge is 2.01. The molecule has 0 N–H and O–H groups in total. The summed E-state index contributed by atoms with van der Waals surface area (Å²) in [4.78, 5) is 13.5. The molecule has 90 valence electrons. The smallest absolute Gasteiger partial charge is 0.268 e. The quantitative estimate of drug-likeness (QED) is 0.575. The Morgan fingerprint density at radius 1 is 1.50 bits per heavy atom. The van der Waals surface area contributed by atoms with Crippen molar-refractivity contribution < 1.29 is 4.74 Å². The molecular weight excluding hydrogens is 226 g/mol. The van der Waals surface area contributed by atoms with Crippen LogP contribution in [0.2, 0.25) is 0 Å². The van der Waals surface area contributed by atoms with E-state index in [1.807, 2.05) is 19.0 Å². The second-order valence-electron chi connectivity index (χ2n) is 3.51. The number of hydrogen-bond acceptors (Lipinski definition) is 5. The number of anilines is 1. The number of hydrogen-bond donors (Lipinski definition) is 1. The van der Waals surface area contributed by atoms with Gasteiger partial charge in [-0.05, 0) is 0 Å². The van der Waals surface area contributed by atoms with E-state index >= 15 is 0 Å². The first-order chi connectivity index (χ1) is 7.65. The van der Waals surface area contributed by atoms with E-state index in [4.69, 9.17) is 4.74 Å². The van der Waals surface area contributed by atoms with Crippen molar-refractivity contribution in [1.29, 1.82) is 0 Å². The minimum atomic E-state index is -0.110. The van der Waals surface area contributed by atoms with Gasteiger partial charge in [-0.25, -0.2) is 4.68 Å². The lowest BCUT2D eigenvalue weighted by molar-refractivity contribution is 0.137. The molecule has 0 amide bonds. The van der Waals surface area contributed by atoms with Crippen LogP contribution in [0.3, 0.4) is 0 Å². The number of rotatable bonds is 6. The molecule has 0 radical (unpaired) electrons. The summed E-state index contributed by atoms with van der Waals surface area (Å²) < 4.78 is 6.63. The van der Waals surface area contributed by atoms with Crippen LogP contribution in [0, 0.1) is 0 Å².